The van der Waals surface area contributed by atoms with Crippen molar-refractivity contribution >= 4 is 17.6 Å². The molecule has 0 radical (unpaired) electrons. The number of hydrogen-bond donors (Lipinski definition) is 1. The standard InChI is InChI=1S/C28H27F2N3O5/c1-17-10-11-37-23-15-33(2)14-21(27(35)31-13-19-8-9-20(29)12-22(19)30)25(34)26(24(33)28(36)32(17)23)38-16-18-6-4-3-5-7-18/h3-9,12,14,17,23H,10-11,13,15-16H2,1-2H3/p+1. The molecule has 3 aliphatic rings. The smallest absolute Gasteiger partial charge is 0.314 e. The lowest BCUT2D eigenvalue weighted by Crippen LogP contribution is -2.66. The molecule has 2 amide bonds. The molecule has 198 valence electrons. The summed E-state index contributed by atoms with van der Waals surface area (Å²) < 4.78 is 39.1. The minimum absolute atomic E-state index is 0.0177. The van der Waals surface area contributed by atoms with Gasteiger partial charge in [-0.15, -0.1) is 0 Å². The first kappa shape index (κ1) is 25.7. The van der Waals surface area contributed by atoms with Gasteiger partial charge in [-0.1, -0.05) is 36.4 Å². The van der Waals surface area contributed by atoms with E-state index in [0.29, 0.717) is 13.0 Å². The highest BCUT2D eigenvalue weighted by Gasteiger charge is 2.55. The Bertz CT molecular complexity index is 1360. The number of amides is 2. The number of nitrogens with one attached hydrogen (secondary N) is 1. The Balaban J connectivity index is 1.48. The van der Waals surface area contributed by atoms with Gasteiger partial charge in [0.05, 0.1) is 13.7 Å². The number of fused-ring (bicyclic) bond motifs is 2. The van der Waals surface area contributed by atoms with Gasteiger partial charge in [0, 0.05) is 24.2 Å². The van der Waals surface area contributed by atoms with Crippen molar-refractivity contribution in [1.29, 1.82) is 0 Å². The second kappa shape index (κ2) is 10.1. The minimum Gasteiger partial charge on any atom is -0.480 e. The van der Waals surface area contributed by atoms with Crippen molar-refractivity contribution < 1.29 is 37.1 Å². The predicted molar refractivity (Wildman–Crippen MR) is 131 cm³/mol. The average molecular weight is 525 g/mol. The largest absolute Gasteiger partial charge is 0.480 e. The van der Waals surface area contributed by atoms with E-state index in [4.69, 9.17) is 9.47 Å². The molecule has 2 fully saturated rings. The van der Waals surface area contributed by atoms with Gasteiger partial charge in [-0.25, -0.2) is 8.78 Å². The molecule has 2 saturated heterocycles. The number of hydrogen-bond acceptors (Lipinski definition) is 5. The Labute approximate surface area is 218 Å². The summed E-state index contributed by atoms with van der Waals surface area (Å²) in [6.45, 7) is 2.46. The molecule has 1 N–H and O–H groups in total. The number of ketones is 1. The van der Waals surface area contributed by atoms with Gasteiger partial charge < -0.3 is 19.7 Å². The van der Waals surface area contributed by atoms with E-state index in [-0.39, 0.29) is 58.7 Å². The van der Waals surface area contributed by atoms with Crippen LogP contribution in [0.3, 0.4) is 0 Å². The van der Waals surface area contributed by atoms with Gasteiger partial charge >= 0.3 is 5.91 Å². The Morgan fingerprint density at radius 2 is 1.95 bits per heavy atom. The molecule has 0 aliphatic carbocycles. The van der Waals surface area contributed by atoms with E-state index in [0.717, 1.165) is 17.7 Å². The Morgan fingerprint density at radius 3 is 2.68 bits per heavy atom. The highest BCUT2D eigenvalue weighted by atomic mass is 19.1. The number of carbonyl (C=O) groups is 3. The van der Waals surface area contributed by atoms with E-state index in [2.05, 4.69) is 5.32 Å². The Hall–Kier alpha value is -3.89. The van der Waals surface area contributed by atoms with Crippen LogP contribution in [0.15, 0.2) is 71.8 Å². The van der Waals surface area contributed by atoms with Gasteiger partial charge in [-0.3, -0.25) is 18.9 Å². The van der Waals surface area contributed by atoms with E-state index >= 15 is 0 Å². The van der Waals surface area contributed by atoms with E-state index < -0.39 is 29.6 Å². The quantitative estimate of drug-likeness (QED) is 0.464. The van der Waals surface area contributed by atoms with Gasteiger partial charge in [0.2, 0.25) is 17.2 Å². The molecule has 38 heavy (non-hydrogen) atoms. The van der Waals surface area contributed by atoms with Crippen LogP contribution >= 0.6 is 0 Å². The maximum absolute atomic E-state index is 14.1. The van der Waals surface area contributed by atoms with Crippen molar-refractivity contribution in [2.24, 2.45) is 0 Å². The molecule has 0 aromatic heterocycles. The number of nitrogens with zero attached hydrogens (tertiary/aromatic N) is 2. The topological polar surface area (TPSA) is 84.9 Å². The first-order valence-electron chi connectivity index (χ1n) is 12.4. The number of likely N-dealkylation sites (N-methyl/N-ethyl adjacent to an activating group) is 1. The molecule has 3 atom stereocenters. The first-order valence-corrected chi connectivity index (χ1v) is 12.4. The van der Waals surface area contributed by atoms with Crippen LogP contribution in [0, 0.1) is 11.6 Å². The van der Waals surface area contributed by atoms with Crippen molar-refractivity contribution in [1.82, 2.24) is 10.2 Å². The normalized spacial score (nSPS) is 24.9. The summed E-state index contributed by atoms with van der Waals surface area (Å²) in [5, 5.41) is 2.54. The summed E-state index contributed by atoms with van der Waals surface area (Å²) in [5.41, 5.74) is 0.757. The van der Waals surface area contributed by atoms with E-state index in [9.17, 15) is 23.2 Å². The van der Waals surface area contributed by atoms with Crippen molar-refractivity contribution in [3.63, 3.8) is 0 Å². The Kier molecular flexibility index (Phi) is 6.85. The number of allylic oxidation sites excluding steroid dienone is 1. The molecule has 2 aromatic carbocycles. The lowest BCUT2D eigenvalue weighted by atomic mass is 9.97. The zero-order valence-electron chi connectivity index (χ0n) is 21.1. The number of ether oxygens (including phenoxy) is 2. The molecule has 8 nitrogen and oxygen atoms in total. The Morgan fingerprint density at radius 1 is 1.18 bits per heavy atom. The number of halogens is 2. The molecular weight excluding hydrogens is 496 g/mol. The summed E-state index contributed by atoms with van der Waals surface area (Å²) in [6.07, 6.45) is 1.57. The molecule has 0 bridgehead atoms. The minimum atomic E-state index is -0.812. The number of quaternary nitrogens is 1. The van der Waals surface area contributed by atoms with Crippen LogP contribution in [0.5, 0.6) is 0 Å². The number of piperazine rings is 1. The van der Waals surface area contributed by atoms with Crippen LogP contribution in [0.2, 0.25) is 0 Å². The summed E-state index contributed by atoms with van der Waals surface area (Å²) in [7, 11) is 1.72. The molecule has 10 heteroatoms. The number of carbonyl (C=O) groups excluding carboxylic acids is 3. The van der Waals surface area contributed by atoms with Gasteiger partial charge in [0.15, 0.2) is 6.23 Å². The molecule has 3 heterocycles. The third-order valence-corrected chi connectivity index (χ3v) is 7.12. The van der Waals surface area contributed by atoms with Gasteiger partial charge in [0.25, 0.3) is 5.91 Å². The SMILES string of the molecule is CC1CCOC2C[N+]3(C)C=C(C(=O)NCc4ccc(F)cc4F)C(=O)C(OCc4ccccc4)=C3C(=O)N12. The summed E-state index contributed by atoms with van der Waals surface area (Å²) in [6, 6.07) is 12.1. The van der Waals surface area contributed by atoms with Crippen LogP contribution < -0.4 is 5.32 Å². The molecular formula is C28H28F2N3O5+. The van der Waals surface area contributed by atoms with Crippen molar-refractivity contribution in [3.8, 4) is 0 Å². The number of Topliss-reactive ketones (excluding diaryl/α,β-unsaturated/α-hetero) is 1. The van der Waals surface area contributed by atoms with E-state index in [1.54, 1.807) is 11.9 Å². The van der Waals surface area contributed by atoms with Gasteiger partial charge in [0.1, 0.15) is 36.6 Å². The number of benzene rings is 2. The predicted octanol–water partition coefficient (Wildman–Crippen LogP) is 2.90. The fourth-order valence-corrected chi connectivity index (χ4v) is 5.09. The third-order valence-electron chi connectivity index (χ3n) is 7.12. The van der Waals surface area contributed by atoms with Crippen molar-refractivity contribution in [2.45, 2.75) is 38.8 Å². The van der Waals surface area contributed by atoms with Crippen molar-refractivity contribution in [3.05, 3.63) is 94.5 Å². The maximum Gasteiger partial charge on any atom is 0.314 e. The monoisotopic (exact) mass is 524 g/mol. The van der Waals surface area contributed by atoms with Gasteiger partial charge in [-0.05, 0) is 25.0 Å². The van der Waals surface area contributed by atoms with Crippen LogP contribution in [0.4, 0.5) is 8.78 Å². The highest BCUT2D eigenvalue weighted by Crippen LogP contribution is 2.38. The molecule has 0 saturated carbocycles. The summed E-state index contributed by atoms with van der Waals surface area (Å²) in [4.78, 5) is 42.2. The zero-order chi connectivity index (χ0) is 27.0. The number of rotatable bonds is 6. The first-order chi connectivity index (χ1) is 18.2. The lowest BCUT2D eigenvalue weighted by Gasteiger charge is -2.49. The van der Waals surface area contributed by atoms with Crippen LogP contribution in [-0.4, -0.2) is 59.4 Å². The van der Waals surface area contributed by atoms with E-state index in [1.165, 1.54) is 12.3 Å². The second-order valence-electron chi connectivity index (χ2n) is 9.87. The maximum atomic E-state index is 14.1. The van der Waals surface area contributed by atoms with Crippen molar-refractivity contribution in [2.75, 3.05) is 20.2 Å². The van der Waals surface area contributed by atoms with E-state index in [1.807, 2.05) is 37.3 Å². The molecule has 3 aliphatic heterocycles. The summed E-state index contributed by atoms with van der Waals surface area (Å²) in [5.74, 6) is -3.62. The molecule has 0 spiro atoms. The zero-order valence-corrected chi connectivity index (χ0v) is 21.1. The highest BCUT2D eigenvalue weighted by molar-refractivity contribution is 6.26. The molecule has 3 unspecified atom stereocenters. The molecule has 5 rings (SSSR count). The second-order valence-corrected chi connectivity index (χ2v) is 9.87. The fraction of sp³-hybridized carbons (Fsp3) is 0.321. The van der Waals surface area contributed by atoms with Crippen LogP contribution in [-0.2, 0) is 37.0 Å². The lowest BCUT2D eigenvalue weighted by molar-refractivity contribution is -0.828. The summed E-state index contributed by atoms with van der Waals surface area (Å²) >= 11 is 0. The average Bonchev–Trinajstić information content (AvgIpc) is 2.88. The van der Waals surface area contributed by atoms with Crippen LogP contribution in [0.25, 0.3) is 0 Å². The molecule has 2 aromatic rings. The third kappa shape index (κ3) is 4.72. The fourth-order valence-electron chi connectivity index (χ4n) is 5.09. The van der Waals surface area contributed by atoms with Gasteiger partial charge in [-0.2, -0.15) is 0 Å². The van der Waals surface area contributed by atoms with Crippen LogP contribution in [0.1, 0.15) is 24.5 Å².